The van der Waals surface area contributed by atoms with Crippen LogP contribution in [0.3, 0.4) is 0 Å². The molecule has 1 amide bonds. The zero-order chi connectivity index (χ0) is 19.8. The zero-order valence-corrected chi connectivity index (χ0v) is 15.6. The van der Waals surface area contributed by atoms with E-state index in [9.17, 15) is 18.0 Å². The van der Waals surface area contributed by atoms with Crippen molar-refractivity contribution in [2.24, 2.45) is 11.7 Å². The Labute approximate surface area is 156 Å². The van der Waals surface area contributed by atoms with Crippen molar-refractivity contribution in [1.29, 1.82) is 0 Å². The third kappa shape index (κ3) is 3.49. The number of likely N-dealkylation sites (N-methyl/N-ethyl adjacent to an activating group) is 1. The highest BCUT2D eigenvalue weighted by Gasteiger charge is 2.46. The number of hydrogen-bond acceptors (Lipinski definition) is 3. The fraction of sp³-hybridized carbons (Fsp3) is 0.579. The van der Waals surface area contributed by atoms with Crippen molar-refractivity contribution in [1.82, 2.24) is 14.5 Å². The molecule has 2 N–H and O–H groups in total. The van der Waals surface area contributed by atoms with Crippen molar-refractivity contribution in [2.75, 3.05) is 7.05 Å². The van der Waals surface area contributed by atoms with E-state index in [0.29, 0.717) is 6.42 Å². The maximum atomic E-state index is 13.3. The molecule has 0 saturated heterocycles. The number of nitrogens with two attached hydrogens (primary N) is 1. The Kier molecular flexibility index (Phi) is 5.10. The van der Waals surface area contributed by atoms with E-state index in [1.54, 1.807) is 11.5 Å². The van der Waals surface area contributed by atoms with Gasteiger partial charge in [-0.2, -0.15) is 13.2 Å². The first-order valence-corrected chi connectivity index (χ1v) is 9.20. The van der Waals surface area contributed by atoms with Crippen LogP contribution in [0, 0.1) is 12.8 Å². The minimum absolute atomic E-state index is 0.0706. The lowest BCUT2D eigenvalue weighted by Crippen LogP contribution is -2.51. The van der Waals surface area contributed by atoms with Crippen molar-refractivity contribution in [3.8, 4) is 0 Å². The summed E-state index contributed by atoms with van der Waals surface area (Å²) in [6.45, 7) is 1.57. The number of carbonyl (C=O) groups excluding carboxylic acids is 1. The lowest BCUT2D eigenvalue weighted by Gasteiger charge is -2.48. The first-order valence-electron chi connectivity index (χ1n) is 9.20. The molecule has 1 fully saturated rings. The maximum absolute atomic E-state index is 13.3. The summed E-state index contributed by atoms with van der Waals surface area (Å²) < 4.78 is 41.4. The SMILES string of the molecule is Cc1nc(C(F)(F)F)cn1[C@@]1(CCC(N)=O)C(C2CCCC2)=CC=CN1C. The Morgan fingerprint density at radius 3 is 2.59 bits per heavy atom. The van der Waals surface area contributed by atoms with Crippen LogP contribution in [0.5, 0.6) is 0 Å². The number of hydrogen-bond donors (Lipinski definition) is 1. The Morgan fingerprint density at radius 1 is 1.37 bits per heavy atom. The Hall–Kier alpha value is -2.25. The van der Waals surface area contributed by atoms with Gasteiger partial charge < -0.3 is 15.2 Å². The van der Waals surface area contributed by atoms with Gasteiger partial charge in [0.2, 0.25) is 5.91 Å². The second kappa shape index (κ2) is 7.05. The van der Waals surface area contributed by atoms with Crippen molar-refractivity contribution in [2.45, 2.75) is 57.3 Å². The van der Waals surface area contributed by atoms with Gasteiger partial charge in [-0.3, -0.25) is 4.79 Å². The molecule has 2 aliphatic rings. The van der Waals surface area contributed by atoms with Crippen LogP contribution in [0.15, 0.2) is 30.1 Å². The highest BCUT2D eigenvalue weighted by molar-refractivity contribution is 5.73. The van der Waals surface area contributed by atoms with Gasteiger partial charge >= 0.3 is 6.18 Å². The lowest BCUT2D eigenvalue weighted by atomic mass is 9.80. The summed E-state index contributed by atoms with van der Waals surface area (Å²) in [5.74, 6) is 0.0520. The molecular weight excluding hydrogens is 357 g/mol. The largest absolute Gasteiger partial charge is 0.434 e. The molecule has 1 aromatic heterocycles. The van der Waals surface area contributed by atoms with Crippen LogP contribution in [-0.2, 0) is 16.6 Å². The number of aryl methyl sites for hydroxylation is 1. The summed E-state index contributed by atoms with van der Waals surface area (Å²) in [4.78, 5) is 17.2. The van der Waals surface area contributed by atoms with Gasteiger partial charge in [-0.1, -0.05) is 18.9 Å². The first-order chi connectivity index (χ1) is 12.7. The number of halogens is 3. The third-order valence-corrected chi connectivity index (χ3v) is 5.72. The number of primary amides is 1. The number of imidazole rings is 1. The molecule has 27 heavy (non-hydrogen) atoms. The lowest BCUT2D eigenvalue weighted by molar-refractivity contribution is -0.141. The average molecular weight is 382 g/mol. The number of carbonyl (C=O) groups is 1. The normalized spacial score (nSPS) is 23.7. The van der Waals surface area contributed by atoms with Crippen LogP contribution < -0.4 is 5.73 Å². The van der Waals surface area contributed by atoms with Crippen molar-refractivity contribution in [3.63, 3.8) is 0 Å². The first kappa shape index (κ1) is 19.5. The second-order valence-corrected chi connectivity index (χ2v) is 7.38. The van der Waals surface area contributed by atoms with Crippen LogP contribution >= 0.6 is 0 Å². The van der Waals surface area contributed by atoms with E-state index in [1.165, 1.54) is 0 Å². The summed E-state index contributed by atoms with van der Waals surface area (Å²) in [5, 5.41) is 0. The Balaban J connectivity index is 2.16. The van der Waals surface area contributed by atoms with E-state index in [0.717, 1.165) is 37.5 Å². The van der Waals surface area contributed by atoms with Crippen LogP contribution in [0.4, 0.5) is 13.2 Å². The number of rotatable bonds is 5. The van der Waals surface area contributed by atoms with Gasteiger partial charge in [-0.25, -0.2) is 4.98 Å². The van der Waals surface area contributed by atoms with Crippen molar-refractivity contribution < 1.29 is 18.0 Å². The predicted molar refractivity (Wildman–Crippen MR) is 95.3 cm³/mol. The molecule has 1 aromatic rings. The molecule has 1 aliphatic heterocycles. The fourth-order valence-electron chi connectivity index (χ4n) is 4.47. The smallest absolute Gasteiger partial charge is 0.370 e. The van der Waals surface area contributed by atoms with E-state index < -0.39 is 23.4 Å². The van der Waals surface area contributed by atoms with Crippen molar-refractivity contribution in [3.05, 3.63) is 41.6 Å². The summed E-state index contributed by atoms with van der Waals surface area (Å²) >= 11 is 0. The van der Waals surface area contributed by atoms with E-state index in [1.807, 2.05) is 30.3 Å². The van der Waals surface area contributed by atoms with Gasteiger partial charge in [0.25, 0.3) is 0 Å². The number of alkyl halides is 3. The van der Waals surface area contributed by atoms with Crippen LogP contribution in [0.1, 0.15) is 50.0 Å². The van der Waals surface area contributed by atoms with Crippen LogP contribution in [0.2, 0.25) is 0 Å². The molecule has 1 saturated carbocycles. The molecule has 5 nitrogen and oxygen atoms in total. The van der Waals surface area contributed by atoms with E-state index in [-0.39, 0.29) is 18.2 Å². The molecule has 8 heteroatoms. The monoisotopic (exact) mass is 382 g/mol. The van der Waals surface area contributed by atoms with Crippen LogP contribution in [-0.4, -0.2) is 27.4 Å². The van der Waals surface area contributed by atoms with E-state index >= 15 is 0 Å². The Morgan fingerprint density at radius 2 is 2.04 bits per heavy atom. The molecule has 0 spiro atoms. The summed E-state index contributed by atoms with van der Waals surface area (Å²) in [7, 11) is 1.83. The molecule has 0 unspecified atom stereocenters. The molecule has 1 atom stereocenters. The van der Waals surface area contributed by atoms with Gasteiger partial charge in [0.1, 0.15) is 11.5 Å². The zero-order valence-electron chi connectivity index (χ0n) is 15.6. The number of amides is 1. The molecule has 1 aliphatic carbocycles. The topological polar surface area (TPSA) is 64.2 Å². The predicted octanol–water partition coefficient (Wildman–Crippen LogP) is 3.70. The Bertz CT molecular complexity index is 774. The summed E-state index contributed by atoms with van der Waals surface area (Å²) in [6, 6.07) is 0. The third-order valence-electron chi connectivity index (χ3n) is 5.72. The molecule has 0 aromatic carbocycles. The molecule has 2 heterocycles. The molecule has 0 bridgehead atoms. The summed E-state index contributed by atoms with van der Waals surface area (Å²) in [6.07, 6.45) is 6.80. The van der Waals surface area contributed by atoms with Gasteiger partial charge in [0.05, 0.1) is 0 Å². The molecule has 148 valence electrons. The number of allylic oxidation sites excluding steroid dienone is 2. The second-order valence-electron chi connectivity index (χ2n) is 7.38. The highest BCUT2D eigenvalue weighted by Crippen LogP contribution is 2.47. The van der Waals surface area contributed by atoms with Gasteiger partial charge in [0.15, 0.2) is 5.69 Å². The van der Waals surface area contributed by atoms with E-state index in [4.69, 9.17) is 5.73 Å². The van der Waals surface area contributed by atoms with Gasteiger partial charge in [0, 0.05) is 32.3 Å². The molecule has 3 rings (SSSR count). The number of nitrogens with zero attached hydrogens (tertiary/aromatic N) is 3. The molecular formula is C19H25F3N4O. The quantitative estimate of drug-likeness (QED) is 0.844. The van der Waals surface area contributed by atoms with E-state index in [2.05, 4.69) is 4.98 Å². The molecule has 0 radical (unpaired) electrons. The standard InChI is InChI=1S/C19H25F3N4O/c1-13-24-16(19(20,21)22)12-26(13)18(10-9-17(23)27)15(8-5-11-25(18)2)14-6-3-4-7-14/h5,8,11-12,14H,3-4,6-7,9-10H2,1-2H3,(H2,23,27)/t18-/m0/s1. The van der Waals surface area contributed by atoms with Gasteiger partial charge in [-0.05, 0) is 37.3 Å². The minimum atomic E-state index is -4.53. The highest BCUT2D eigenvalue weighted by atomic mass is 19.4. The maximum Gasteiger partial charge on any atom is 0.434 e. The average Bonchev–Trinajstić information content (AvgIpc) is 3.23. The summed E-state index contributed by atoms with van der Waals surface area (Å²) in [5.41, 5.74) is 4.59. The van der Waals surface area contributed by atoms with Gasteiger partial charge in [-0.15, -0.1) is 0 Å². The number of aromatic nitrogens is 2. The minimum Gasteiger partial charge on any atom is -0.370 e. The fourth-order valence-corrected chi connectivity index (χ4v) is 4.47. The van der Waals surface area contributed by atoms with Crippen molar-refractivity contribution >= 4 is 5.91 Å². The van der Waals surface area contributed by atoms with Crippen LogP contribution in [0.25, 0.3) is 0 Å².